The van der Waals surface area contributed by atoms with Crippen LogP contribution in [0.15, 0.2) is 62.7 Å². The molecule has 0 fully saturated rings. The minimum atomic E-state index is -0.670. The van der Waals surface area contributed by atoms with Crippen LogP contribution in [0.5, 0.6) is 5.75 Å². The molecule has 0 spiro atoms. The number of aliphatic imine (C=N–C) groups is 1. The molecule has 2 aromatic carbocycles. The summed E-state index contributed by atoms with van der Waals surface area (Å²) in [7, 11) is 3.87. The zero-order valence-electron chi connectivity index (χ0n) is 15.7. The van der Waals surface area contributed by atoms with E-state index in [0.29, 0.717) is 28.8 Å². The predicted molar refractivity (Wildman–Crippen MR) is 109 cm³/mol. The van der Waals surface area contributed by atoms with E-state index in [-0.39, 0.29) is 17.2 Å². The third-order valence-electron chi connectivity index (χ3n) is 4.14. The SMILES string of the molecule is CN(C)CCNC(=O)c1ccc(N=Cc2c(O)c3ccccc3oc2=O)cc1. The maximum absolute atomic E-state index is 12.1. The molecular weight excluding hydrogens is 358 g/mol. The number of aromatic hydroxyl groups is 1. The molecule has 0 radical (unpaired) electrons. The molecule has 7 nitrogen and oxygen atoms in total. The number of hydrogen-bond acceptors (Lipinski definition) is 6. The third-order valence-corrected chi connectivity index (χ3v) is 4.14. The average molecular weight is 379 g/mol. The van der Waals surface area contributed by atoms with Gasteiger partial charge in [-0.25, -0.2) is 4.79 Å². The van der Waals surface area contributed by atoms with Gasteiger partial charge in [0.2, 0.25) is 0 Å². The summed E-state index contributed by atoms with van der Waals surface area (Å²) in [5.74, 6) is -0.335. The number of nitrogens with one attached hydrogen (secondary N) is 1. The van der Waals surface area contributed by atoms with Gasteiger partial charge < -0.3 is 19.7 Å². The molecule has 1 aromatic heterocycles. The maximum atomic E-state index is 12.1. The fraction of sp³-hybridized carbons (Fsp3) is 0.190. The number of nitrogens with zero attached hydrogens (tertiary/aromatic N) is 2. The summed E-state index contributed by atoms with van der Waals surface area (Å²) in [5, 5.41) is 13.6. The van der Waals surface area contributed by atoms with Crippen LogP contribution >= 0.6 is 0 Å². The van der Waals surface area contributed by atoms with Crippen molar-refractivity contribution in [2.24, 2.45) is 4.99 Å². The highest BCUT2D eigenvalue weighted by Crippen LogP contribution is 2.25. The number of rotatable bonds is 6. The van der Waals surface area contributed by atoms with E-state index in [1.165, 1.54) is 6.21 Å². The monoisotopic (exact) mass is 379 g/mol. The molecule has 0 atom stereocenters. The topological polar surface area (TPSA) is 95.1 Å². The van der Waals surface area contributed by atoms with Crippen LogP contribution in [0.3, 0.4) is 0 Å². The van der Waals surface area contributed by atoms with E-state index in [1.54, 1.807) is 48.5 Å². The molecule has 0 aliphatic rings. The fourth-order valence-electron chi connectivity index (χ4n) is 2.59. The van der Waals surface area contributed by atoms with Crippen molar-refractivity contribution < 1.29 is 14.3 Å². The number of fused-ring (bicyclic) bond motifs is 1. The molecule has 0 unspecified atom stereocenters. The first-order chi connectivity index (χ1) is 13.5. The fourth-order valence-corrected chi connectivity index (χ4v) is 2.59. The third kappa shape index (κ3) is 4.44. The predicted octanol–water partition coefficient (Wildman–Crippen LogP) is 2.54. The second kappa shape index (κ2) is 8.49. The number of amides is 1. The van der Waals surface area contributed by atoms with Crippen LogP contribution in [0.2, 0.25) is 0 Å². The smallest absolute Gasteiger partial charge is 0.348 e. The van der Waals surface area contributed by atoms with Crippen molar-refractivity contribution in [3.8, 4) is 5.75 Å². The van der Waals surface area contributed by atoms with Crippen LogP contribution in [-0.4, -0.2) is 49.3 Å². The molecule has 0 saturated carbocycles. The van der Waals surface area contributed by atoms with Gasteiger partial charge in [0, 0.05) is 24.9 Å². The Labute approximate surface area is 161 Å². The van der Waals surface area contributed by atoms with E-state index in [9.17, 15) is 14.7 Å². The summed E-state index contributed by atoms with van der Waals surface area (Å²) in [6.07, 6.45) is 1.26. The first-order valence-electron chi connectivity index (χ1n) is 8.77. The largest absolute Gasteiger partial charge is 0.506 e. The van der Waals surface area contributed by atoms with Crippen molar-refractivity contribution in [3.05, 3.63) is 70.1 Å². The molecular formula is C21H21N3O4. The van der Waals surface area contributed by atoms with Crippen molar-refractivity contribution in [1.82, 2.24) is 10.2 Å². The Morgan fingerprint density at radius 3 is 2.61 bits per heavy atom. The molecule has 7 heteroatoms. The van der Waals surface area contributed by atoms with Crippen molar-refractivity contribution in [2.75, 3.05) is 27.2 Å². The van der Waals surface area contributed by atoms with Gasteiger partial charge in [0.25, 0.3) is 5.91 Å². The van der Waals surface area contributed by atoms with Gasteiger partial charge in [-0.1, -0.05) is 12.1 Å². The van der Waals surface area contributed by atoms with E-state index >= 15 is 0 Å². The van der Waals surface area contributed by atoms with Gasteiger partial charge in [-0.15, -0.1) is 0 Å². The van der Waals surface area contributed by atoms with Crippen molar-refractivity contribution in [3.63, 3.8) is 0 Å². The molecule has 3 rings (SSSR count). The van der Waals surface area contributed by atoms with E-state index in [4.69, 9.17) is 4.42 Å². The van der Waals surface area contributed by atoms with Crippen LogP contribution in [0.25, 0.3) is 11.0 Å². The molecule has 0 saturated heterocycles. The first-order valence-corrected chi connectivity index (χ1v) is 8.77. The quantitative estimate of drug-likeness (QED) is 0.507. The van der Waals surface area contributed by atoms with E-state index in [2.05, 4.69) is 10.3 Å². The average Bonchev–Trinajstić information content (AvgIpc) is 2.68. The molecule has 0 bridgehead atoms. The van der Waals surface area contributed by atoms with Crippen molar-refractivity contribution >= 4 is 28.8 Å². The number of carbonyl (C=O) groups excluding carboxylic acids is 1. The Hall–Kier alpha value is -3.45. The number of benzene rings is 2. The molecule has 28 heavy (non-hydrogen) atoms. The van der Waals surface area contributed by atoms with Gasteiger partial charge in [0.15, 0.2) is 0 Å². The lowest BCUT2D eigenvalue weighted by Gasteiger charge is -2.10. The van der Waals surface area contributed by atoms with Gasteiger partial charge >= 0.3 is 5.63 Å². The molecule has 1 heterocycles. The Morgan fingerprint density at radius 2 is 1.89 bits per heavy atom. The highest BCUT2D eigenvalue weighted by molar-refractivity contribution is 5.95. The Bertz CT molecular complexity index is 1070. The summed E-state index contributed by atoms with van der Waals surface area (Å²) in [4.78, 5) is 30.4. The first kappa shape index (κ1) is 19.3. The standard InChI is InChI=1S/C21H21N3O4/c1-24(2)12-11-22-20(26)14-7-9-15(10-8-14)23-13-17-19(25)16-5-3-4-6-18(16)28-21(17)27/h3-10,13,25H,11-12H2,1-2H3,(H,22,26). The van der Waals surface area contributed by atoms with Gasteiger partial charge in [0.1, 0.15) is 16.9 Å². The second-order valence-corrected chi connectivity index (χ2v) is 6.51. The number of likely N-dealkylation sites (N-methyl/N-ethyl adjacent to an activating group) is 1. The van der Waals surface area contributed by atoms with Crippen molar-refractivity contribution in [2.45, 2.75) is 0 Å². The maximum Gasteiger partial charge on any atom is 0.348 e. The lowest BCUT2D eigenvalue weighted by atomic mass is 10.1. The summed E-state index contributed by atoms with van der Waals surface area (Å²) in [6.45, 7) is 1.31. The van der Waals surface area contributed by atoms with E-state index < -0.39 is 5.63 Å². The number of para-hydroxylation sites is 1. The van der Waals surface area contributed by atoms with E-state index in [1.807, 2.05) is 19.0 Å². The van der Waals surface area contributed by atoms with Crippen LogP contribution in [-0.2, 0) is 0 Å². The van der Waals surface area contributed by atoms with Gasteiger partial charge in [-0.2, -0.15) is 0 Å². The normalized spacial score (nSPS) is 11.4. The number of hydrogen-bond donors (Lipinski definition) is 2. The molecule has 3 aromatic rings. The second-order valence-electron chi connectivity index (χ2n) is 6.51. The van der Waals surface area contributed by atoms with Crippen LogP contribution in [0.4, 0.5) is 5.69 Å². The van der Waals surface area contributed by atoms with Gasteiger partial charge in [-0.3, -0.25) is 9.79 Å². The van der Waals surface area contributed by atoms with E-state index in [0.717, 1.165) is 6.54 Å². The Morgan fingerprint density at radius 1 is 1.18 bits per heavy atom. The lowest BCUT2D eigenvalue weighted by Crippen LogP contribution is -2.31. The summed E-state index contributed by atoms with van der Waals surface area (Å²) >= 11 is 0. The minimum absolute atomic E-state index is 0.0239. The zero-order chi connectivity index (χ0) is 20.1. The highest BCUT2D eigenvalue weighted by Gasteiger charge is 2.11. The van der Waals surface area contributed by atoms with Crippen LogP contribution < -0.4 is 10.9 Å². The molecule has 1 amide bonds. The number of carbonyl (C=O) groups is 1. The van der Waals surface area contributed by atoms with Gasteiger partial charge in [0.05, 0.1) is 11.1 Å². The highest BCUT2D eigenvalue weighted by atomic mass is 16.4. The van der Waals surface area contributed by atoms with Crippen LogP contribution in [0, 0.1) is 0 Å². The van der Waals surface area contributed by atoms with Gasteiger partial charge in [-0.05, 0) is 50.5 Å². The van der Waals surface area contributed by atoms with Crippen LogP contribution in [0.1, 0.15) is 15.9 Å². The zero-order valence-corrected chi connectivity index (χ0v) is 15.7. The molecule has 2 N–H and O–H groups in total. The molecule has 0 aliphatic carbocycles. The summed E-state index contributed by atoms with van der Waals surface area (Å²) in [5.41, 5.74) is 0.676. The lowest BCUT2D eigenvalue weighted by molar-refractivity contribution is 0.0951. The Balaban J connectivity index is 1.76. The molecule has 144 valence electrons. The Kier molecular flexibility index (Phi) is 5.86. The summed E-state index contributed by atoms with van der Waals surface area (Å²) in [6, 6.07) is 13.4. The minimum Gasteiger partial charge on any atom is -0.506 e. The molecule has 0 aliphatic heterocycles. The summed E-state index contributed by atoms with van der Waals surface area (Å²) < 4.78 is 5.20. The van der Waals surface area contributed by atoms with Crippen molar-refractivity contribution in [1.29, 1.82) is 0 Å².